The Hall–Kier alpha value is 0.530. The molecule has 0 amide bonds. The summed E-state index contributed by atoms with van der Waals surface area (Å²) < 4.78 is 5.09. The highest BCUT2D eigenvalue weighted by molar-refractivity contribution is 14.1. The van der Waals surface area contributed by atoms with Crippen LogP contribution in [0.3, 0.4) is 0 Å². The van der Waals surface area contributed by atoms with Crippen LogP contribution in [0.4, 0.5) is 0 Å². The summed E-state index contributed by atoms with van der Waals surface area (Å²) in [4.78, 5) is 5.14. The molecule has 2 aliphatic rings. The third-order valence-corrected chi connectivity index (χ3v) is 4.35. The smallest absolute Gasteiger partial charge is 0.109 e. The third-order valence-electron chi connectivity index (χ3n) is 3.91. The van der Waals surface area contributed by atoms with Crippen LogP contribution in [0.2, 0.25) is 0 Å². The fourth-order valence-electron chi connectivity index (χ4n) is 2.77. The first-order valence-corrected chi connectivity index (χ1v) is 7.37. The van der Waals surface area contributed by atoms with Crippen molar-refractivity contribution in [1.29, 1.82) is 0 Å². The van der Waals surface area contributed by atoms with Gasteiger partial charge in [0, 0.05) is 51.9 Å². The van der Waals surface area contributed by atoms with Crippen molar-refractivity contribution >= 4 is 23.0 Å². The van der Waals surface area contributed by atoms with Gasteiger partial charge >= 0.3 is 0 Å². The summed E-state index contributed by atoms with van der Waals surface area (Å²) in [5, 5.41) is 1.95. The van der Waals surface area contributed by atoms with Gasteiger partial charge in [-0.25, -0.2) is 5.01 Å². The number of piperidine rings is 1. The summed E-state index contributed by atoms with van der Waals surface area (Å²) >= 11 is 1.97. The average Bonchev–Trinajstić information content (AvgIpc) is 2.38. The second-order valence-electron chi connectivity index (χ2n) is 4.96. The highest BCUT2D eigenvalue weighted by atomic mass is 127. The average molecular weight is 354 g/mol. The van der Waals surface area contributed by atoms with Crippen molar-refractivity contribution in [3.63, 3.8) is 0 Å². The van der Waals surface area contributed by atoms with Gasteiger partial charge in [-0.05, 0) is 12.8 Å². The first kappa shape index (κ1) is 14.0. The summed E-state index contributed by atoms with van der Waals surface area (Å²) in [5.41, 5.74) is 0. The van der Waals surface area contributed by atoms with Gasteiger partial charge in [0.05, 0.1) is 6.61 Å². The van der Waals surface area contributed by atoms with E-state index in [1.807, 2.05) is 28.0 Å². The molecule has 0 saturated carbocycles. The van der Waals surface area contributed by atoms with Gasteiger partial charge in [0.2, 0.25) is 0 Å². The number of piperazine rings is 1. The Balaban J connectivity index is 1.68. The molecule has 5 nitrogen and oxygen atoms in total. The zero-order valence-corrected chi connectivity index (χ0v) is 12.5. The van der Waals surface area contributed by atoms with Crippen LogP contribution in [-0.2, 0) is 3.07 Å². The summed E-state index contributed by atoms with van der Waals surface area (Å²) in [7, 11) is 0. The number of rotatable bonds is 4. The van der Waals surface area contributed by atoms with Crippen LogP contribution in [0.1, 0.15) is 12.8 Å². The summed E-state index contributed by atoms with van der Waals surface area (Å²) in [5.74, 6) is 5.80. The van der Waals surface area contributed by atoms with E-state index in [4.69, 9.17) is 8.91 Å². The molecule has 2 fully saturated rings. The molecule has 0 aliphatic carbocycles. The standard InChI is InChI=1S/C11H23IN4O/c12-17-10-9-14-5-7-15(8-6-14)11-1-3-16(13)4-2-11/h11H,1-10,13H2. The number of hydrazine groups is 1. The van der Waals surface area contributed by atoms with Crippen molar-refractivity contribution in [2.75, 3.05) is 52.4 Å². The van der Waals surface area contributed by atoms with Gasteiger partial charge in [-0.15, -0.1) is 0 Å². The topological polar surface area (TPSA) is 45.0 Å². The van der Waals surface area contributed by atoms with Crippen LogP contribution in [0, 0.1) is 0 Å². The lowest BCUT2D eigenvalue weighted by atomic mass is 10.0. The van der Waals surface area contributed by atoms with E-state index in [9.17, 15) is 0 Å². The quantitative estimate of drug-likeness (QED) is 0.582. The van der Waals surface area contributed by atoms with Crippen molar-refractivity contribution in [2.24, 2.45) is 5.84 Å². The van der Waals surface area contributed by atoms with E-state index in [1.165, 1.54) is 39.0 Å². The molecule has 0 radical (unpaired) electrons. The largest absolute Gasteiger partial charge is 0.314 e. The molecule has 2 rings (SSSR count). The van der Waals surface area contributed by atoms with Gasteiger partial charge in [0.25, 0.3) is 0 Å². The van der Waals surface area contributed by atoms with E-state index >= 15 is 0 Å². The molecular weight excluding hydrogens is 331 g/mol. The Morgan fingerprint density at radius 2 is 1.71 bits per heavy atom. The van der Waals surface area contributed by atoms with Crippen LogP contribution in [0.5, 0.6) is 0 Å². The van der Waals surface area contributed by atoms with Crippen LogP contribution in [-0.4, -0.2) is 73.3 Å². The fourth-order valence-corrected chi connectivity index (χ4v) is 2.96. The molecule has 2 aliphatic heterocycles. The minimum atomic E-state index is 0.762. The first-order chi connectivity index (χ1) is 8.29. The van der Waals surface area contributed by atoms with Crippen molar-refractivity contribution in [1.82, 2.24) is 14.8 Å². The molecule has 0 aromatic rings. The van der Waals surface area contributed by atoms with Crippen LogP contribution in [0.15, 0.2) is 0 Å². The highest BCUT2D eigenvalue weighted by Crippen LogP contribution is 2.16. The van der Waals surface area contributed by atoms with E-state index in [-0.39, 0.29) is 0 Å². The summed E-state index contributed by atoms with van der Waals surface area (Å²) in [6, 6.07) is 0.762. The maximum absolute atomic E-state index is 5.80. The highest BCUT2D eigenvalue weighted by Gasteiger charge is 2.26. The summed E-state index contributed by atoms with van der Waals surface area (Å²) in [6.45, 7) is 8.78. The van der Waals surface area contributed by atoms with Crippen molar-refractivity contribution in [3.8, 4) is 0 Å². The molecule has 100 valence electrons. The SMILES string of the molecule is NN1CCC(N2CCN(CCOI)CC2)CC1. The van der Waals surface area contributed by atoms with E-state index < -0.39 is 0 Å². The maximum atomic E-state index is 5.80. The predicted octanol–water partition coefficient (Wildman–Crippen LogP) is 0.309. The van der Waals surface area contributed by atoms with Crippen LogP contribution in [0.25, 0.3) is 0 Å². The Bertz CT molecular complexity index is 216. The molecule has 0 atom stereocenters. The van der Waals surface area contributed by atoms with Gasteiger partial charge in [-0.2, -0.15) is 0 Å². The van der Waals surface area contributed by atoms with E-state index in [2.05, 4.69) is 9.80 Å². The normalized spacial score (nSPS) is 26.5. The molecule has 0 aromatic carbocycles. The Morgan fingerprint density at radius 3 is 2.29 bits per heavy atom. The number of nitrogens with two attached hydrogens (primary N) is 1. The van der Waals surface area contributed by atoms with Gasteiger partial charge in [0.15, 0.2) is 0 Å². The molecule has 6 heteroatoms. The molecule has 2 heterocycles. The van der Waals surface area contributed by atoms with Gasteiger partial charge in [0.1, 0.15) is 23.0 Å². The lowest BCUT2D eigenvalue weighted by Gasteiger charge is -2.42. The Labute approximate surface area is 118 Å². The van der Waals surface area contributed by atoms with Gasteiger partial charge in [-0.3, -0.25) is 15.6 Å². The number of hydrogen-bond acceptors (Lipinski definition) is 5. The molecule has 0 unspecified atom stereocenters. The second-order valence-corrected chi connectivity index (χ2v) is 5.58. The molecule has 2 saturated heterocycles. The number of nitrogens with zero attached hydrogens (tertiary/aromatic N) is 3. The predicted molar refractivity (Wildman–Crippen MR) is 76.8 cm³/mol. The monoisotopic (exact) mass is 354 g/mol. The van der Waals surface area contributed by atoms with Crippen LogP contribution >= 0.6 is 23.0 Å². The lowest BCUT2D eigenvalue weighted by molar-refractivity contribution is 0.0564. The molecule has 0 aromatic heterocycles. The van der Waals surface area contributed by atoms with Gasteiger partial charge < -0.3 is 3.07 Å². The van der Waals surface area contributed by atoms with E-state index in [0.717, 1.165) is 32.3 Å². The van der Waals surface area contributed by atoms with Gasteiger partial charge in [-0.1, -0.05) is 0 Å². The number of hydrogen-bond donors (Lipinski definition) is 1. The molecule has 2 N–H and O–H groups in total. The van der Waals surface area contributed by atoms with Crippen LogP contribution < -0.4 is 5.84 Å². The van der Waals surface area contributed by atoms with E-state index in [0.29, 0.717) is 0 Å². The molecule has 0 spiro atoms. The Morgan fingerprint density at radius 1 is 1.06 bits per heavy atom. The second kappa shape index (κ2) is 7.20. The molecular formula is C11H23IN4O. The van der Waals surface area contributed by atoms with Crippen molar-refractivity contribution in [2.45, 2.75) is 18.9 Å². The molecule has 17 heavy (non-hydrogen) atoms. The number of halogens is 1. The van der Waals surface area contributed by atoms with Crippen molar-refractivity contribution in [3.05, 3.63) is 0 Å². The third kappa shape index (κ3) is 4.29. The first-order valence-electron chi connectivity index (χ1n) is 6.49. The maximum Gasteiger partial charge on any atom is 0.109 e. The van der Waals surface area contributed by atoms with E-state index in [1.54, 1.807) is 0 Å². The minimum absolute atomic E-state index is 0.762. The molecule has 0 bridgehead atoms. The lowest BCUT2D eigenvalue weighted by Crippen LogP contribution is -2.54. The summed E-state index contributed by atoms with van der Waals surface area (Å²) in [6.07, 6.45) is 2.46. The Kier molecular flexibility index (Phi) is 5.91. The zero-order valence-electron chi connectivity index (χ0n) is 10.4. The van der Waals surface area contributed by atoms with Crippen molar-refractivity contribution < 1.29 is 3.07 Å². The minimum Gasteiger partial charge on any atom is -0.314 e. The fraction of sp³-hybridized carbons (Fsp3) is 1.00. The zero-order chi connectivity index (χ0) is 12.1.